The lowest BCUT2D eigenvalue weighted by Gasteiger charge is -2.16. The van der Waals surface area contributed by atoms with Crippen LogP contribution in [0.25, 0.3) is 11.3 Å². The fourth-order valence-electron chi connectivity index (χ4n) is 1.99. The SMILES string of the molecule is CCC(=O)Nc1ccc(-c2cncc(C)c2)nc1C(C)(F)F. The summed E-state index contributed by atoms with van der Waals surface area (Å²) in [6.07, 6.45) is 3.45. The minimum atomic E-state index is -3.16. The first-order valence-corrected chi connectivity index (χ1v) is 6.92. The van der Waals surface area contributed by atoms with Gasteiger partial charge in [-0.3, -0.25) is 9.78 Å². The number of alkyl halides is 2. The van der Waals surface area contributed by atoms with Gasteiger partial charge in [-0.2, -0.15) is 8.78 Å². The molecule has 4 nitrogen and oxygen atoms in total. The van der Waals surface area contributed by atoms with Gasteiger partial charge in [0, 0.05) is 31.3 Å². The zero-order valence-electron chi connectivity index (χ0n) is 12.7. The number of hydrogen-bond donors (Lipinski definition) is 1. The van der Waals surface area contributed by atoms with Gasteiger partial charge in [-0.15, -0.1) is 0 Å². The molecule has 2 aromatic heterocycles. The average Bonchev–Trinajstić information content (AvgIpc) is 2.46. The number of hydrogen-bond acceptors (Lipinski definition) is 3. The Morgan fingerprint density at radius 3 is 2.64 bits per heavy atom. The third-order valence-electron chi connectivity index (χ3n) is 3.08. The number of pyridine rings is 2. The monoisotopic (exact) mass is 305 g/mol. The molecule has 116 valence electrons. The smallest absolute Gasteiger partial charge is 0.289 e. The zero-order chi connectivity index (χ0) is 16.3. The summed E-state index contributed by atoms with van der Waals surface area (Å²) in [4.78, 5) is 19.5. The minimum absolute atomic E-state index is 0.0312. The van der Waals surface area contributed by atoms with E-state index in [0.717, 1.165) is 12.5 Å². The van der Waals surface area contributed by atoms with E-state index in [1.54, 1.807) is 25.4 Å². The maximum Gasteiger partial charge on any atom is 0.289 e. The van der Waals surface area contributed by atoms with E-state index in [1.165, 1.54) is 6.07 Å². The number of aryl methyl sites for hydroxylation is 1. The summed E-state index contributed by atoms with van der Waals surface area (Å²) in [6, 6.07) is 4.86. The van der Waals surface area contributed by atoms with Gasteiger partial charge in [0.25, 0.3) is 5.92 Å². The van der Waals surface area contributed by atoms with Crippen molar-refractivity contribution in [1.82, 2.24) is 9.97 Å². The lowest BCUT2D eigenvalue weighted by molar-refractivity contribution is -0.115. The van der Waals surface area contributed by atoms with Crippen molar-refractivity contribution in [3.8, 4) is 11.3 Å². The van der Waals surface area contributed by atoms with Crippen molar-refractivity contribution in [3.05, 3.63) is 41.9 Å². The molecule has 6 heteroatoms. The van der Waals surface area contributed by atoms with Crippen LogP contribution < -0.4 is 5.32 Å². The zero-order valence-corrected chi connectivity index (χ0v) is 12.7. The molecule has 2 rings (SSSR count). The first kappa shape index (κ1) is 16.0. The van der Waals surface area contributed by atoms with E-state index in [2.05, 4.69) is 15.3 Å². The molecule has 0 aliphatic heterocycles. The predicted octanol–water partition coefficient (Wildman–Crippen LogP) is 3.91. The molecule has 22 heavy (non-hydrogen) atoms. The van der Waals surface area contributed by atoms with Crippen LogP contribution in [0.4, 0.5) is 14.5 Å². The molecule has 0 saturated heterocycles. The van der Waals surface area contributed by atoms with Crippen LogP contribution in [0.3, 0.4) is 0 Å². The van der Waals surface area contributed by atoms with Crippen molar-refractivity contribution in [3.63, 3.8) is 0 Å². The standard InChI is InChI=1S/C16H17F2N3O/c1-4-14(22)20-13-6-5-12(21-15(13)16(3,17)18)11-7-10(2)8-19-9-11/h5-9H,4H2,1-3H3,(H,20,22). The highest BCUT2D eigenvalue weighted by atomic mass is 19.3. The third-order valence-corrected chi connectivity index (χ3v) is 3.08. The Bertz CT molecular complexity index is 696. The Balaban J connectivity index is 2.50. The molecule has 1 N–H and O–H groups in total. The summed E-state index contributed by atoms with van der Waals surface area (Å²) in [5, 5.41) is 2.46. The van der Waals surface area contributed by atoms with Crippen LogP contribution in [-0.2, 0) is 10.7 Å². The largest absolute Gasteiger partial charge is 0.324 e. The molecule has 2 heterocycles. The van der Waals surface area contributed by atoms with Crippen LogP contribution >= 0.6 is 0 Å². The molecule has 0 aromatic carbocycles. The van der Waals surface area contributed by atoms with Crippen LogP contribution in [0.5, 0.6) is 0 Å². The number of nitrogens with one attached hydrogen (secondary N) is 1. The Morgan fingerprint density at radius 2 is 2.05 bits per heavy atom. The van der Waals surface area contributed by atoms with Crippen molar-refractivity contribution in [2.45, 2.75) is 33.1 Å². The molecule has 1 amide bonds. The summed E-state index contributed by atoms with van der Waals surface area (Å²) < 4.78 is 27.6. The number of nitrogens with zero attached hydrogens (tertiary/aromatic N) is 2. The quantitative estimate of drug-likeness (QED) is 0.931. The molecular weight excluding hydrogens is 288 g/mol. The number of rotatable bonds is 4. The van der Waals surface area contributed by atoms with Crippen LogP contribution in [0.2, 0.25) is 0 Å². The minimum Gasteiger partial charge on any atom is -0.324 e. The van der Waals surface area contributed by atoms with Crippen molar-refractivity contribution >= 4 is 11.6 Å². The first-order valence-electron chi connectivity index (χ1n) is 6.92. The molecule has 0 fully saturated rings. The molecule has 0 atom stereocenters. The van der Waals surface area contributed by atoms with Crippen LogP contribution in [-0.4, -0.2) is 15.9 Å². The van der Waals surface area contributed by atoms with Gasteiger partial charge in [-0.25, -0.2) is 4.98 Å². The van der Waals surface area contributed by atoms with Gasteiger partial charge >= 0.3 is 0 Å². The molecule has 0 aliphatic rings. The van der Waals surface area contributed by atoms with Crippen LogP contribution in [0.15, 0.2) is 30.6 Å². The Kier molecular flexibility index (Phi) is 4.49. The number of carbonyl (C=O) groups is 1. The molecule has 0 bridgehead atoms. The topological polar surface area (TPSA) is 54.9 Å². The van der Waals surface area contributed by atoms with Gasteiger partial charge in [0.2, 0.25) is 5.91 Å². The van der Waals surface area contributed by atoms with Crippen molar-refractivity contribution in [2.24, 2.45) is 0 Å². The molecule has 0 saturated carbocycles. The molecule has 2 aromatic rings. The predicted molar refractivity (Wildman–Crippen MR) is 80.7 cm³/mol. The fraction of sp³-hybridized carbons (Fsp3) is 0.312. The number of halogens is 2. The molecule has 0 unspecified atom stereocenters. The van der Waals surface area contributed by atoms with Crippen molar-refractivity contribution in [2.75, 3.05) is 5.32 Å². The van der Waals surface area contributed by atoms with Gasteiger partial charge in [-0.05, 0) is 30.7 Å². The van der Waals surface area contributed by atoms with E-state index in [4.69, 9.17) is 0 Å². The van der Waals surface area contributed by atoms with Gasteiger partial charge in [0.15, 0.2) is 0 Å². The second kappa shape index (κ2) is 6.17. The van der Waals surface area contributed by atoms with Gasteiger partial charge < -0.3 is 5.32 Å². The van der Waals surface area contributed by atoms with Crippen molar-refractivity contribution < 1.29 is 13.6 Å². The summed E-state index contributed by atoms with van der Waals surface area (Å²) in [7, 11) is 0. The lowest BCUT2D eigenvalue weighted by Crippen LogP contribution is -2.18. The molecule has 0 aliphatic carbocycles. The van der Waals surface area contributed by atoms with Gasteiger partial charge in [-0.1, -0.05) is 6.92 Å². The van der Waals surface area contributed by atoms with Crippen LogP contribution in [0, 0.1) is 6.92 Å². The van der Waals surface area contributed by atoms with E-state index in [9.17, 15) is 13.6 Å². The molecule has 0 spiro atoms. The fourth-order valence-corrected chi connectivity index (χ4v) is 1.99. The maximum atomic E-state index is 13.8. The van der Waals surface area contributed by atoms with E-state index < -0.39 is 11.6 Å². The first-order chi connectivity index (χ1) is 10.3. The second-order valence-corrected chi connectivity index (χ2v) is 5.13. The Morgan fingerprint density at radius 1 is 1.32 bits per heavy atom. The van der Waals surface area contributed by atoms with E-state index >= 15 is 0 Å². The van der Waals surface area contributed by atoms with E-state index in [-0.39, 0.29) is 18.0 Å². The maximum absolute atomic E-state index is 13.8. The number of anilines is 1. The molecule has 0 radical (unpaired) electrons. The van der Waals surface area contributed by atoms with E-state index in [0.29, 0.717) is 11.3 Å². The highest BCUT2D eigenvalue weighted by molar-refractivity contribution is 5.91. The van der Waals surface area contributed by atoms with E-state index in [1.807, 2.05) is 13.0 Å². The Hall–Kier alpha value is -2.37. The van der Waals surface area contributed by atoms with Crippen LogP contribution in [0.1, 0.15) is 31.5 Å². The highest BCUT2D eigenvalue weighted by Gasteiger charge is 2.30. The second-order valence-electron chi connectivity index (χ2n) is 5.13. The number of carbonyl (C=O) groups excluding carboxylic acids is 1. The van der Waals surface area contributed by atoms with Crippen molar-refractivity contribution in [1.29, 1.82) is 0 Å². The summed E-state index contributed by atoms with van der Waals surface area (Å²) in [5.74, 6) is -3.50. The summed E-state index contributed by atoms with van der Waals surface area (Å²) in [5.41, 5.74) is 1.53. The Labute approximate surface area is 127 Å². The third kappa shape index (κ3) is 3.63. The normalized spacial score (nSPS) is 11.3. The number of aromatic nitrogens is 2. The lowest BCUT2D eigenvalue weighted by atomic mass is 10.1. The van der Waals surface area contributed by atoms with Gasteiger partial charge in [0.1, 0.15) is 5.69 Å². The van der Waals surface area contributed by atoms with Gasteiger partial charge in [0.05, 0.1) is 11.4 Å². The average molecular weight is 305 g/mol. The highest BCUT2D eigenvalue weighted by Crippen LogP contribution is 2.33. The summed E-state index contributed by atoms with van der Waals surface area (Å²) in [6.45, 7) is 4.27. The molecular formula is C16H17F2N3O. The summed E-state index contributed by atoms with van der Waals surface area (Å²) >= 11 is 0. The number of amides is 1.